The van der Waals surface area contributed by atoms with E-state index in [0.29, 0.717) is 18.1 Å². The monoisotopic (exact) mass is 272 g/mol. The summed E-state index contributed by atoms with van der Waals surface area (Å²) in [4.78, 5) is 12.2. The van der Waals surface area contributed by atoms with Gasteiger partial charge >= 0.3 is 0 Å². The van der Waals surface area contributed by atoms with Crippen LogP contribution in [0.1, 0.15) is 75.0 Å². The molecule has 0 spiro atoms. The molecule has 20 heavy (non-hydrogen) atoms. The van der Waals surface area contributed by atoms with Gasteiger partial charge in [-0.3, -0.25) is 4.79 Å². The molecule has 0 atom stereocenters. The van der Waals surface area contributed by atoms with Gasteiger partial charge in [-0.25, -0.2) is 0 Å². The second kappa shape index (κ2) is 5.99. The lowest BCUT2D eigenvalue weighted by molar-refractivity contribution is -0.121. The van der Waals surface area contributed by atoms with Crippen molar-refractivity contribution in [3.63, 3.8) is 0 Å². The second-order valence-corrected chi connectivity index (χ2v) is 6.45. The van der Waals surface area contributed by atoms with Gasteiger partial charge in [0.25, 0.3) is 0 Å². The van der Waals surface area contributed by atoms with Gasteiger partial charge in [-0.15, -0.1) is 0 Å². The van der Waals surface area contributed by atoms with E-state index >= 15 is 0 Å². The molecule has 2 heteroatoms. The van der Waals surface area contributed by atoms with Crippen molar-refractivity contribution in [3.8, 4) is 0 Å². The molecular weight excluding hydrogens is 248 g/mol. The van der Waals surface area contributed by atoms with Crippen LogP contribution in [-0.2, 0) is 4.79 Å². The summed E-state index contributed by atoms with van der Waals surface area (Å²) in [5, 5.41) is 0. The predicted octanol–water partition coefficient (Wildman–Crippen LogP) is 5.10. The fraction of sp³-hybridized carbons (Fsp3) is 0.611. The lowest BCUT2D eigenvalue weighted by atomic mass is 9.94. The number of hydrogen-bond acceptors (Lipinski definition) is 2. The van der Waals surface area contributed by atoms with Crippen molar-refractivity contribution < 1.29 is 9.21 Å². The second-order valence-electron chi connectivity index (χ2n) is 6.45. The van der Waals surface area contributed by atoms with E-state index in [9.17, 15) is 4.79 Å². The van der Waals surface area contributed by atoms with Crippen LogP contribution in [0.25, 0.3) is 5.57 Å². The summed E-state index contributed by atoms with van der Waals surface area (Å²) in [6.07, 6.45) is 11.9. The number of ketones is 1. The molecule has 1 heterocycles. The SMILES string of the molecule is C=C(CC(=O)C1CCCC1)c1coc(C2CCCC2)c1. The Balaban J connectivity index is 1.60. The molecule has 0 aliphatic heterocycles. The van der Waals surface area contributed by atoms with E-state index in [4.69, 9.17) is 4.42 Å². The van der Waals surface area contributed by atoms with Crippen LogP contribution in [0, 0.1) is 5.92 Å². The molecule has 0 radical (unpaired) electrons. The van der Waals surface area contributed by atoms with E-state index in [0.717, 1.165) is 29.7 Å². The molecule has 0 unspecified atom stereocenters. The summed E-state index contributed by atoms with van der Waals surface area (Å²) in [5.41, 5.74) is 1.95. The molecule has 1 aromatic rings. The van der Waals surface area contributed by atoms with E-state index < -0.39 is 0 Å². The van der Waals surface area contributed by atoms with Gasteiger partial charge in [0.05, 0.1) is 6.26 Å². The number of Topliss-reactive ketones (excluding diaryl/α,β-unsaturated/α-hetero) is 1. The van der Waals surface area contributed by atoms with Crippen molar-refractivity contribution in [2.24, 2.45) is 5.92 Å². The van der Waals surface area contributed by atoms with Gasteiger partial charge in [0.2, 0.25) is 0 Å². The Morgan fingerprint density at radius 3 is 2.50 bits per heavy atom. The highest BCUT2D eigenvalue weighted by Gasteiger charge is 2.24. The molecule has 2 fully saturated rings. The molecule has 0 amide bonds. The maximum Gasteiger partial charge on any atom is 0.140 e. The van der Waals surface area contributed by atoms with Gasteiger partial charge in [0, 0.05) is 23.8 Å². The molecular formula is C18H24O2. The Morgan fingerprint density at radius 1 is 1.15 bits per heavy atom. The van der Waals surface area contributed by atoms with Gasteiger partial charge in [-0.2, -0.15) is 0 Å². The highest BCUT2D eigenvalue weighted by Crippen LogP contribution is 2.36. The Labute approximate surface area is 121 Å². The predicted molar refractivity (Wildman–Crippen MR) is 80.5 cm³/mol. The Morgan fingerprint density at radius 2 is 1.80 bits per heavy atom. The van der Waals surface area contributed by atoms with E-state index in [-0.39, 0.29) is 5.92 Å². The largest absolute Gasteiger partial charge is 0.468 e. The van der Waals surface area contributed by atoms with Crippen molar-refractivity contribution in [3.05, 3.63) is 30.2 Å². The summed E-state index contributed by atoms with van der Waals surface area (Å²) in [7, 11) is 0. The van der Waals surface area contributed by atoms with Gasteiger partial charge in [-0.1, -0.05) is 32.3 Å². The zero-order valence-corrected chi connectivity index (χ0v) is 12.2. The van der Waals surface area contributed by atoms with Crippen molar-refractivity contribution >= 4 is 11.4 Å². The molecule has 3 rings (SSSR count). The Bertz CT molecular complexity index is 485. The van der Waals surface area contributed by atoms with Crippen molar-refractivity contribution in [2.45, 2.75) is 63.7 Å². The third-order valence-electron chi connectivity index (χ3n) is 4.98. The maximum atomic E-state index is 12.2. The molecule has 1 aromatic heterocycles. The molecule has 2 nitrogen and oxygen atoms in total. The van der Waals surface area contributed by atoms with Crippen molar-refractivity contribution in [1.82, 2.24) is 0 Å². The molecule has 2 aliphatic rings. The number of carbonyl (C=O) groups is 1. The number of carbonyl (C=O) groups excluding carboxylic acids is 1. The fourth-order valence-electron chi connectivity index (χ4n) is 3.67. The summed E-state index contributed by atoms with van der Waals surface area (Å²) in [5.74, 6) is 2.33. The van der Waals surface area contributed by atoms with Crippen LogP contribution < -0.4 is 0 Å². The van der Waals surface area contributed by atoms with Crippen LogP contribution in [0.4, 0.5) is 0 Å². The van der Waals surface area contributed by atoms with E-state index in [1.165, 1.54) is 38.5 Å². The number of furan rings is 1. The highest BCUT2D eigenvalue weighted by molar-refractivity contribution is 5.91. The first-order chi connectivity index (χ1) is 9.74. The van der Waals surface area contributed by atoms with E-state index in [1.807, 2.05) is 0 Å². The van der Waals surface area contributed by atoms with Crippen LogP contribution in [0.15, 0.2) is 23.3 Å². The van der Waals surface area contributed by atoms with Crippen molar-refractivity contribution in [1.29, 1.82) is 0 Å². The lowest BCUT2D eigenvalue weighted by Gasteiger charge is -2.08. The normalized spacial score (nSPS) is 20.6. The van der Waals surface area contributed by atoms with Crippen LogP contribution >= 0.6 is 0 Å². The summed E-state index contributed by atoms with van der Waals surface area (Å²) in [6, 6.07) is 2.11. The average Bonchev–Trinajstić information content (AvgIpc) is 3.19. The lowest BCUT2D eigenvalue weighted by Crippen LogP contribution is -2.10. The van der Waals surface area contributed by atoms with Gasteiger partial charge < -0.3 is 4.42 Å². The first-order valence-corrected chi connectivity index (χ1v) is 8.03. The molecule has 108 valence electrons. The quantitative estimate of drug-likeness (QED) is 0.746. The van der Waals surface area contributed by atoms with Crippen LogP contribution in [-0.4, -0.2) is 5.78 Å². The molecule has 0 bridgehead atoms. The Hall–Kier alpha value is -1.31. The number of allylic oxidation sites excluding steroid dienone is 1. The van der Waals surface area contributed by atoms with Crippen LogP contribution in [0.3, 0.4) is 0 Å². The fourth-order valence-corrected chi connectivity index (χ4v) is 3.67. The minimum absolute atomic E-state index is 0.285. The Kier molecular flexibility index (Phi) is 4.09. The maximum absolute atomic E-state index is 12.2. The first-order valence-electron chi connectivity index (χ1n) is 8.03. The standard InChI is InChI=1S/C18H24O2/c1-13(10-17(19)14-6-2-3-7-14)16-11-18(20-12-16)15-8-4-5-9-15/h11-12,14-15H,1-10H2. The summed E-state index contributed by atoms with van der Waals surface area (Å²) < 4.78 is 5.70. The minimum Gasteiger partial charge on any atom is -0.468 e. The number of rotatable bonds is 5. The molecule has 0 N–H and O–H groups in total. The molecule has 2 aliphatic carbocycles. The van der Waals surface area contributed by atoms with Gasteiger partial charge in [0.15, 0.2) is 0 Å². The molecule has 0 saturated heterocycles. The minimum atomic E-state index is 0.285. The average molecular weight is 272 g/mol. The number of hydrogen-bond donors (Lipinski definition) is 0. The third kappa shape index (κ3) is 2.89. The topological polar surface area (TPSA) is 30.2 Å². The van der Waals surface area contributed by atoms with E-state index in [2.05, 4.69) is 12.6 Å². The van der Waals surface area contributed by atoms with Gasteiger partial charge in [0.1, 0.15) is 11.5 Å². The first kappa shape index (κ1) is 13.7. The van der Waals surface area contributed by atoms with Gasteiger partial charge in [-0.05, 0) is 37.3 Å². The van der Waals surface area contributed by atoms with Crippen LogP contribution in [0.5, 0.6) is 0 Å². The zero-order valence-electron chi connectivity index (χ0n) is 12.2. The van der Waals surface area contributed by atoms with E-state index in [1.54, 1.807) is 6.26 Å². The molecule has 2 saturated carbocycles. The van der Waals surface area contributed by atoms with Crippen molar-refractivity contribution in [2.75, 3.05) is 0 Å². The molecule has 0 aromatic carbocycles. The van der Waals surface area contributed by atoms with Crippen LogP contribution in [0.2, 0.25) is 0 Å². The third-order valence-corrected chi connectivity index (χ3v) is 4.98. The summed E-state index contributed by atoms with van der Waals surface area (Å²) >= 11 is 0. The summed E-state index contributed by atoms with van der Waals surface area (Å²) in [6.45, 7) is 4.10. The highest BCUT2D eigenvalue weighted by atomic mass is 16.3. The zero-order chi connectivity index (χ0) is 13.9. The smallest absolute Gasteiger partial charge is 0.140 e.